The highest BCUT2D eigenvalue weighted by Gasteiger charge is 2.50. The lowest BCUT2D eigenvalue weighted by Crippen LogP contribution is -2.48. The molecule has 4 rings (SSSR count). The summed E-state index contributed by atoms with van der Waals surface area (Å²) in [4.78, 5) is 14.7. The van der Waals surface area contributed by atoms with Crippen LogP contribution in [0.15, 0.2) is 24.3 Å². The molecule has 3 atom stereocenters. The Morgan fingerprint density at radius 3 is 2.55 bits per heavy atom. The van der Waals surface area contributed by atoms with Crippen LogP contribution in [-0.4, -0.2) is 36.6 Å². The molecule has 1 heterocycles. The number of rotatable bonds is 5. The average molecular weight is 301 g/mol. The maximum Gasteiger partial charge on any atom is 0.226 e. The van der Waals surface area contributed by atoms with Gasteiger partial charge in [0.25, 0.3) is 0 Å². The molecule has 0 aromatic heterocycles. The largest absolute Gasteiger partial charge is 0.497 e. The van der Waals surface area contributed by atoms with Crippen LogP contribution in [0.5, 0.6) is 11.5 Å². The second kappa shape index (κ2) is 5.49. The highest BCUT2D eigenvalue weighted by Crippen LogP contribution is 2.45. The summed E-state index contributed by atoms with van der Waals surface area (Å²) < 4.78 is 11.1. The summed E-state index contributed by atoms with van der Waals surface area (Å²) in [6.45, 7) is 0.617. The molecule has 0 unspecified atom stereocenters. The second-order valence-electron chi connectivity index (χ2n) is 6.80. The lowest BCUT2D eigenvalue weighted by Gasteiger charge is -2.35. The van der Waals surface area contributed by atoms with Gasteiger partial charge in [-0.2, -0.15) is 0 Å². The minimum Gasteiger partial charge on any atom is -0.497 e. The number of fused-ring (bicyclic) bond motifs is 2. The number of carbonyl (C=O) groups excluding carboxylic acids is 1. The first-order valence-corrected chi connectivity index (χ1v) is 8.35. The van der Waals surface area contributed by atoms with E-state index in [1.165, 1.54) is 19.3 Å². The van der Waals surface area contributed by atoms with Crippen LogP contribution in [0.4, 0.5) is 0 Å². The molecule has 1 aliphatic heterocycles. The Morgan fingerprint density at radius 1 is 1.14 bits per heavy atom. The van der Waals surface area contributed by atoms with Crippen molar-refractivity contribution < 1.29 is 14.3 Å². The third kappa shape index (κ3) is 2.44. The van der Waals surface area contributed by atoms with Crippen molar-refractivity contribution in [3.05, 3.63) is 24.3 Å². The molecule has 118 valence electrons. The Labute approximate surface area is 131 Å². The molecule has 1 aromatic carbocycles. The fraction of sp³-hybridized carbons (Fsp3) is 0.611. The first kappa shape index (κ1) is 13.9. The third-order valence-corrected chi connectivity index (χ3v) is 5.40. The number of hydrogen-bond donors (Lipinski definition) is 0. The number of carbonyl (C=O) groups is 1. The van der Waals surface area contributed by atoms with E-state index in [1.807, 2.05) is 24.3 Å². The van der Waals surface area contributed by atoms with E-state index in [2.05, 4.69) is 4.90 Å². The lowest BCUT2D eigenvalue weighted by atomic mass is 9.99. The fourth-order valence-electron chi connectivity index (χ4n) is 4.05. The van der Waals surface area contributed by atoms with E-state index in [-0.39, 0.29) is 6.04 Å². The normalized spacial score (nSPS) is 29.7. The molecule has 1 aromatic rings. The van der Waals surface area contributed by atoms with Crippen molar-refractivity contribution in [1.29, 1.82) is 0 Å². The predicted molar refractivity (Wildman–Crippen MR) is 83.0 cm³/mol. The summed E-state index contributed by atoms with van der Waals surface area (Å²) in [6.07, 6.45) is 5.77. The van der Waals surface area contributed by atoms with E-state index >= 15 is 0 Å². The molecule has 3 aliphatic rings. The number of piperidine rings is 1. The van der Waals surface area contributed by atoms with Crippen molar-refractivity contribution in [2.24, 2.45) is 11.8 Å². The average Bonchev–Trinajstić information content (AvgIpc) is 3.22. The van der Waals surface area contributed by atoms with Crippen molar-refractivity contribution in [3.63, 3.8) is 0 Å². The van der Waals surface area contributed by atoms with Crippen LogP contribution >= 0.6 is 0 Å². The molecule has 2 aliphatic carbocycles. The topological polar surface area (TPSA) is 38.8 Å². The maximum absolute atomic E-state index is 12.6. The van der Waals surface area contributed by atoms with E-state index in [0.29, 0.717) is 30.4 Å². The molecular formula is C18H23NO3. The van der Waals surface area contributed by atoms with Crippen LogP contribution in [0.3, 0.4) is 0 Å². The van der Waals surface area contributed by atoms with E-state index in [0.717, 1.165) is 24.3 Å². The Hall–Kier alpha value is -1.71. The van der Waals surface area contributed by atoms with Crippen molar-refractivity contribution in [3.8, 4) is 11.5 Å². The Morgan fingerprint density at radius 2 is 1.86 bits per heavy atom. The summed E-state index contributed by atoms with van der Waals surface area (Å²) in [5.74, 6) is 3.00. The molecule has 3 fully saturated rings. The van der Waals surface area contributed by atoms with E-state index in [1.54, 1.807) is 7.11 Å². The van der Waals surface area contributed by atoms with Gasteiger partial charge in [-0.05, 0) is 62.3 Å². The number of hydrogen-bond acceptors (Lipinski definition) is 3. The quantitative estimate of drug-likeness (QED) is 0.839. The van der Waals surface area contributed by atoms with Gasteiger partial charge in [-0.25, -0.2) is 0 Å². The summed E-state index contributed by atoms with van der Waals surface area (Å²) in [5.41, 5.74) is 0. The van der Waals surface area contributed by atoms with Crippen molar-refractivity contribution in [1.82, 2.24) is 4.90 Å². The molecule has 2 saturated carbocycles. The minimum atomic E-state index is 0.272. The minimum absolute atomic E-state index is 0.272. The highest BCUT2D eigenvalue weighted by molar-refractivity contribution is 5.82. The summed E-state index contributed by atoms with van der Waals surface area (Å²) >= 11 is 0. The zero-order valence-corrected chi connectivity index (χ0v) is 13.0. The standard InChI is InChI=1S/C18H23NO3/c1-21-15-6-8-16(9-7-15)22-11-17-13-4-5-14(10-13)19(17)18(20)12-2-3-12/h6-9,12-14,17H,2-5,10-11H2,1H3/t13-,14-,17+/m0/s1. The van der Waals surface area contributed by atoms with Crippen molar-refractivity contribution in [2.75, 3.05) is 13.7 Å². The van der Waals surface area contributed by atoms with Crippen LogP contribution in [-0.2, 0) is 4.79 Å². The molecule has 0 N–H and O–H groups in total. The monoisotopic (exact) mass is 301 g/mol. The molecule has 0 radical (unpaired) electrons. The van der Waals surface area contributed by atoms with Crippen LogP contribution in [0.1, 0.15) is 32.1 Å². The summed E-state index contributed by atoms with van der Waals surface area (Å²) in [5, 5.41) is 0. The van der Waals surface area contributed by atoms with Gasteiger partial charge in [0.05, 0.1) is 13.2 Å². The number of ether oxygens (including phenoxy) is 2. The molecule has 1 saturated heterocycles. The number of benzene rings is 1. The Balaban J connectivity index is 1.42. The second-order valence-corrected chi connectivity index (χ2v) is 6.80. The van der Waals surface area contributed by atoms with Gasteiger partial charge < -0.3 is 14.4 Å². The van der Waals surface area contributed by atoms with Crippen LogP contribution in [0, 0.1) is 11.8 Å². The van der Waals surface area contributed by atoms with Crippen molar-refractivity contribution >= 4 is 5.91 Å². The van der Waals surface area contributed by atoms with Gasteiger partial charge in [-0.1, -0.05) is 0 Å². The first-order valence-electron chi connectivity index (χ1n) is 8.35. The Bertz CT molecular complexity index is 552. The molecule has 1 amide bonds. The van der Waals surface area contributed by atoms with Gasteiger partial charge in [0, 0.05) is 12.0 Å². The third-order valence-electron chi connectivity index (χ3n) is 5.40. The summed E-state index contributed by atoms with van der Waals surface area (Å²) in [6, 6.07) is 8.42. The first-order chi connectivity index (χ1) is 10.8. The lowest BCUT2D eigenvalue weighted by molar-refractivity contribution is -0.137. The van der Waals surface area contributed by atoms with Gasteiger partial charge in [0.1, 0.15) is 18.1 Å². The van der Waals surface area contributed by atoms with Crippen LogP contribution in [0.25, 0.3) is 0 Å². The van der Waals surface area contributed by atoms with E-state index < -0.39 is 0 Å². The summed E-state index contributed by atoms with van der Waals surface area (Å²) in [7, 11) is 1.66. The number of likely N-dealkylation sites (tertiary alicyclic amines) is 1. The zero-order chi connectivity index (χ0) is 15.1. The zero-order valence-electron chi connectivity index (χ0n) is 13.0. The predicted octanol–water partition coefficient (Wildman–Crippen LogP) is 2.86. The van der Waals surface area contributed by atoms with Crippen LogP contribution < -0.4 is 9.47 Å². The molecular weight excluding hydrogens is 278 g/mol. The molecule has 4 nitrogen and oxygen atoms in total. The van der Waals surface area contributed by atoms with Gasteiger partial charge in [0.15, 0.2) is 0 Å². The van der Waals surface area contributed by atoms with Crippen LogP contribution in [0.2, 0.25) is 0 Å². The van der Waals surface area contributed by atoms with Gasteiger partial charge in [0.2, 0.25) is 5.91 Å². The SMILES string of the molecule is COc1ccc(OC[C@@H]2[C@H]3CC[C@@H](C3)N2C(=O)C2CC2)cc1. The Kier molecular flexibility index (Phi) is 3.47. The van der Waals surface area contributed by atoms with Crippen molar-refractivity contribution in [2.45, 2.75) is 44.2 Å². The molecule has 0 spiro atoms. The molecule has 22 heavy (non-hydrogen) atoms. The highest BCUT2D eigenvalue weighted by atomic mass is 16.5. The smallest absolute Gasteiger partial charge is 0.226 e. The van der Waals surface area contributed by atoms with Gasteiger partial charge >= 0.3 is 0 Å². The van der Waals surface area contributed by atoms with Gasteiger partial charge in [-0.15, -0.1) is 0 Å². The number of amides is 1. The van der Waals surface area contributed by atoms with Gasteiger partial charge in [-0.3, -0.25) is 4.79 Å². The maximum atomic E-state index is 12.6. The van der Waals surface area contributed by atoms with E-state index in [9.17, 15) is 4.79 Å². The van der Waals surface area contributed by atoms with E-state index in [4.69, 9.17) is 9.47 Å². The number of methoxy groups -OCH3 is 1. The molecule has 4 heteroatoms. The fourth-order valence-corrected chi connectivity index (χ4v) is 4.05. The number of nitrogens with zero attached hydrogens (tertiary/aromatic N) is 1. The molecule has 2 bridgehead atoms.